The summed E-state index contributed by atoms with van der Waals surface area (Å²) in [6.45, 7) is 4.29. The molecule has 4 nitrogen and oxygen atoms in total. The Bertz CT molecular complexity index is 867. The monoisotopic (exact) mass is 399 g/mol. The lowest BCUT2D eigenvalue weighted by molar-refractivity contribution is -0.129. The van der Waals surface area contributed by atoms with Crippen LogP contribution in [0.25, 0.3) is 6.08 Å². The molecule has 1 aliphatic rings. The molecule has 2 aromatic rings. The zero-order valence-electron chi connectivity index (χ0n) is 14.2. The molecule has 128 valence electrons. The molecule has 0 spiro atoms. The first-order chi connectivity index (χ1) is 12.0. The average Bonchev–Trinajstić information content (AvgIpc) is 2.95. The summed E-state index contributed by atoms with van der Waals surface area (Å²) in [6, 6.07) is 13.5. The van der Waals surface area contributed by atoms with Crippen molar-refractivity contribution in [2.45, 2.75) is 19.8 Å². The summed E-state index contributed by atoms with van der Waals surface area (Å²) in [7, 11) is 1.60. The minimum Gasteiger partial charge on any atom is -0.497 e. The summed E-state index contributed by atoms with van der Waals surface area (Å²) >= 11 is 3.45. The maximum Gasteiger partial charge on any atom is 0.363 e. The number of hydrogen-bond acceptors (Lipinski definition) is 4. The number of methoxy groups -OCH3 is 1. The highest BCUT2D eigenvalue weighted by atomic mass is 79.9. The molecule has 2 aromatic carbocycles. The minimum absolute atomic E-state index is 0.282. The van der Waals surface area contributed by atoms with Crippen LogP contribution >= 0.6 is 15.9 Å². The Morgan fingerprint density at radius 2 is 1.88 bits per heavy atom. The molecule has 5 heteroatoms. The van der Waals surface area contributed by atoms with Crippen LogP contribution in [0.5, 0.6) is 5.75 Å². The summed E-state index contributed by atoms with van der Waals surface area (Å²) in [6.07, 6.45) is 1.73. The molecule has 1 heterocycles. The molecule has 0 aliphatic carbocycles. The molecule has 0 unspecified atom stereocenters. The number of esters is 1. The van der Waals surface area contributed by atoms with E-state index in [0.717, 1.165) is 10.0 Å². The van der Waals surface area contributed by atoms with E-state index >= 15 is 0 Å². The lowest BCUT2D eigenvalue weighted by Gasteiger charge is -2.05. The maximum absolute atomic E-state index is 12.1. The number of benzene rings is 2. The number of hydrogen-bond donors (Lipinski definition) is 0. The van der Waals surface area contributed by atoms with Gasteiger partial charge in [-0.3, -0.25) is 0 Å². The largest absolute Gasteiger partial charge is 0.497 e. The molecule has 0 bridgehead atoms. The Morgan fingerprint density at radius 3 is 2.48 bits per heavy atom. The van der Waals surface area contributed by atoms with Gasteiger partial charge in [-0.15, -0.1) is 0 Å². The van der Waals surface area contributed by atoms with Crippen LogP contribution in [-0.2, 0) is 9.53 Å². The van der Waals surface area contributed by atoms with Crippen LogP contribution in [0.4, 0.5) is 0 Å². The summed E-state index contributed by atoms with van der Waals surface area (Å²) in [5.41, 5.74) is 3.15. The van der Waals surface area contributed by atoms with Crippen molar-refractivity contribution in [2.75, 3.05) is 7.11 Å². The molecule has 1 aliphatic heterocycles. The third kappa shape index (κ3) is 3.82. The first kappa shape index (κ1) is 17.4. The molecule has 0 atom stereocenters. The van der Waals surface area contributed by atoms with Crippen molar-refractivity contribution >= 4 is 33.9 Å². The predicted octanol–water partition coefficient (Wildman–Crippen LogP) is 4.93. The van der Waals surface area contributed by atoms with E-state index in [-0.39, 0.29) is 11.6 Å². The lowest BCUT2D eigenvalue weighted by Crippen LogP contribution is -2.06. The summed E-state index contributed by atoms with van der Waals surface area (Å²) in [4.78, 5) is 16.5. The zero-order chi connectivity index (χ0) is 18.0. The molecular formula is C20H18BrNO3. The van der Waals surface area contributed by atoms with E-state index in [1.165, 1.54) is 5.56 Å². The Balaban J connectivity index is 1.89. The molecule has 0 aromatic heterocycles. The fourth-order valence-electron chi connectivity index (χ4n) is 2.46. The van der Waals surface area contributed by atoms with E-state index < -0.39 is 5.97 Å². The van der Waals surface area contributed by atoms with Crippen LogP contribution in [0.2, 0.25) is 0 Å². The number of nitrogens with zero attached hydrogens (tertiary/aromatic N) is 1. The molecular weight excluding hydrogens is 382 g/mol. The normalized spacial score (nSPS) is 15.5. The predicted molar refractivity (Wildman–Crippen MR) is 102 cm³/mol. The first-order valence-corrected chi connectivity index (χ1v) is 8.73. The van der Waals surface area contributed by atoms with Crippen LogP contribution < -0.4 is 4.74 Å². The number of carbonyl (C=O) groups excluding carboxylic acids is 1. The topological polar surface area (TPSA) is 47.9 Å². The van der Waals surface area contributed by atoms with Gasteiger partial charge in [-0.05, 0) is 57.2 Å². The standard InChI is InChI=1S/C20H18BrNO3/c1-12(2)14-6-4-13(5-7-14)10-18-20(23)25-19(22-18)16-9-8-15(24-3)11-17(16)21/h4-12H,1-3H3/b18-10-. The van der Waals surface area contributed by atoms with Crippen LogP contribution in [0.3, 0.4) is 0 Å². The summed E-state index contributed by atoms with van der Waals surface area (Å²) < 4.78 is 11.2. The highest BCUT2D eigenvalue weighted by Crippen LogP contribution is 2.27. The number of ether oxygens (including phenoxy) is 2. The fraction of sp³-hybridized carbons (Fsp3) is 0.200. The van der Waals surface area contributed by atoms with Gasteiger partial charge in [0, 0.05) is 4.47 Å². The fourth-order valence-corrected chi connectivity index (χ4v) is 2.98. The maximum atomic E-state index is 12.1. The van der Waals surface area contributed by atoms with Gasteiger partial charge in [-0.25, -0.2) is 9.79 Å². The van der Waals surface area contributed by atoms with Crippen molar-refractivity contribution in [1.82, 2.24) is 0 Å². The van der Waals surface area contributed by atoms with Crippen molar-refractivity contribution in [1.29, 1.82) is 0 Å². The zero-order valence-corrected chi connectivity index (χ0v) is 15.8. The van der Waals surface area contributed by atoms with E-state index in [9.17, 15) is 4.79 Å². The number of carbonyl (C=O) groups is 1. The van der Waals surface area contributed by atoms with Gasteiger partial charge in [0.2, 0.25) is 5.90 Å². The van der Waals surface area contributed by atoms with Gasteiger partial charge in [0.05, 0.1) is 12.7 Å². The molecule has 0 radical (unpaired) electrons. The van der Waals surface area contributed by atoms with Crippen molar-refractivity contribution in [2.24, 2.45) is 4.99 Å². The van der Waals surface area contributed by atoms with Gasteiger partial charge in [-0.2, -0.15) is 0 Å². The number of cyclic esters (lactones) is 1. The van der Waals surface area contributed by atoms with Crippen molar-refractivity contribution in [3.63, 3.8) is 0 Å². The van der Waals surface area contributed by atoms with Gasteiger partial charge in [-0.1, -0.05) is 38.1 Å². The average molecular weight is 400 g/mol. The van der Waals surface area contributed by atoms with Crippen LogP contribution in [0.1, 0.15) is 36.5 Å². The molecule has 0 fully saturated rings. The highest BCUT2D eigenvalue weighted by molar-refractivity contribution is 9.10. The molecule has 0 amide bonds. The van der Waals surface area contributed by atoms with E-state index in [2.05, 4.69) is 46.9 Å². The molecule has 0 saturated heterocycles. The van der Waals surface area contributed by atoms with E-state index in [1.54, 1.807) is 31.4 Å². The smallest absolute Gasteiger partial charge is 0.363 e. The second-order valence-corrected chi connectivity index (χ2v) is 6.86. The quantitative estimate of drug-likeness (QED) is 0.541. The van der Waals surface area contributed by atoms with Gasteiger partial charge in [0.25, 0.3) is 0 Å². The Morgan fingerprint density at radius 1 is 1.16 bits per heavy atom. The summed E-state index contributed by atoms with van der Waals surface area (Å²) in [5.74, 6) is 1.01. The van der Waals surface area contributed by atoms with Gasteiger partial charge >= 0.3 is 5.97 Å². The van der Waals surface area contributed by atoms with Gasteiger partial charge in [0.15, 0.2) is 5.70 Å². The Hall–Kier alpha value is -2.40. The van der Waals surface area contributed by atoms with E-state index in [1.807, 2.05) is 12.1 Å². The van der Waals surface area contributed by atoms with Gasteiger partial charge < -0.3 is 9.47 Å². The first-order valence-electron chi connectivity index (χ1n) is 7.94. The highest BCUT2D eigenvalue weighted by Gasteiger charge is 2.25. The SMILES string of the molecule is COc1ccc(C2=N/C(=C\c3ccc(C(C)C)cc3)C(=O)O2)c(Br)c1. The van der Waals surface area contributed by atoms with Crippen LogP contribution in [0.15, 0.2) is 57.6 Å². The van der Waals surface area contributed by atoms with Crippen molar-refractivity contribution in [3.8, 4) is 5.75 Å². The van der Waals surface area contributed by atoms with E-state index in [4.69, 9.17) is 9.47 Å². The van der Waals surface area contributed by atoms with Crippen molar-refractivity contribution in [3.05, 3.63) is 69.3 Å². The van der Waals surface area contributed by atoms with Crippen LogP contribution in [-0.4, -0.2) is 19.0 Å². The van der Waals surface area contributed by atoms with E-state index in [0.29, 0.717) is 17.2 Å². The number of aliphatic imine (C=N–C) groups is 1. The number of halogens is 1. The Kier molecular flexibility index (Phi) is 5.04. The molecule has 0 saturated carbocycles. The summed E-state index contributed by atoms with van der Waals surface area (Å²) in [5, 5.41) is 0. The molecule has 25 heavy (non-hydrogen) atoms. The Labute approximate surface area is 155 Å². The van der Waals surface area contributed by atoms with Crippen molar-refractivity contribution < 1.29 is 14.3 Å². The molecule has 3 rings (SSSR count). The minimum atomic E-state index is -0.453. The third-order valence-corrected chi connectivity index (χ3v) is 4.59. The second-order valence-electron chi connectivity index (χ2n) is 6.00. The second kappa shape index (κ2) is 7.23. The third-order valence-electron chi connectivity index (χ3n) is 3.93. The number of rotatable bonds is 4. The van der Waals surface area contributed by atoms with Crippen LogP contribution in [0, 0.1) is 0 Å². The molecule has 0 N–H and O–H groups in total. The lowest BCUT2D eigenvalue weighted by atomic mass is 10.0. The van der Waals surface area contributed by atoms with Gasteiger partial charge in [0.1, 0.15) is 5.75 Å².